The van der Waals surface area contributed by atoms with Crippen molar-refractivity contribution >= 4 is 28.5 Å². The minimum atomic E-state index is -0.543. The average Bonchev–Trinajstić information content (AvgIpc) is 3.32. The summed E-state index contributed by atoms with van der Waals surface area (Å²) >= 11 is 0. The number of rotatable bonds is 4. The number of nitrogens with zero attached hydrogens (tertiary/aromatic N) is 5. The lowest BCUT2D eigenvalue weighted by Gasteiger charge is -2.24. The summed E-state index contributed by atoms with van der Waals surface area (Å²) in [6.07, 6.45) is 4.13. The van der Waals surface area contributed by atoms with Gasteiger partial charge in [0.1, 0.15) is 24.3 Å². The Bertz CT molecular complexity index is 1090. The molecule has 4 rings (SSSR count). The van der Waals surface area contributed by atoms with Gasteiger partial charge in [0.25, 0.3) is 5.56 Å². The molecule has 1 fully saturated rings. The van der Waals surface area contributed by atoms with Crippen LogP contribution < -0.4 is 10.9 Å². The van der Waals surface area contributed by atoms with Crippen LogP contribution in [-0.2, 0) is 23.2 Å². The Morgan fingerprint density at radius 2 is 2.04 bits per heavy atom. The number of carbonyl (C=O) groups is 2. The van der Waals surface area contributed by atoms with E-state index in [1.807, 2.05) is 18.2 Å². The van der Waals surface area contributed by atoms with Crippen molar-refractivity contribution in [2.45, 2.75) is 25.4 Å². The van der Waals surface area contributed by atoms with Crippen LogP contribution in [0.2, 0.25) is 0 Å². The second-order valence-corrected chi connectivity index (χ2v) is 6.78. The van der Waals surface area contributed by atoms with Gasteiger partial charge in [0, 0.05) is 19.3 Å². The summed E-state index contributed by atoms with van der Waals surface area (Å²) in [6, 6.07) is 8.59. The van der Waals surface area contributed by atoms with Gasteiger partial charge in [0.2, 0.25) is 11.8 Å². The largest absolute Gasteiger partial charge is 0.329 e. The molecule has 1 aliphatic rings. The molecule has 0 saturated carbocycles. The first-order chi connectivity index (χ1) is 13.5. The highest BCUT2D eigenvalue weighted by Crippen LogP contribution is 2.20. The van der Waals surface area contributed by atoms with Crippen LogP contribution in [0.15, 0.2) is 47.7 Å². The zero-order chi connectivity index (χ0) is 19.7. The number of para-hydroxylation sites is 1. The van der Waals surface area contributed by atoms with Gasteiger partial charge >= 0.3 is 0 Å². The molecule has 1 aliphatic heterocycles. The molecule has 1 atom stereocenters. The van der Waals surface area contributed by atoms with Crippen molar-refractivity contribution in [3.63, 3.8) is 0 Å². The maximum Gasteiger partial charge on any atom is 0.264 e. The highest BCUT2D eigenvalue weighted by molar-refractivity contribution is 5.97. The van der Waals surface area contributed by atoms with Crippen molar-refractivity contribution in [3.05, 3.63) is 53.2 Å². The van der Waals surface area contributed by atoms with E-state index in [0.717, 1.165) is 6.42 Å². The summed E-state index contributed by atoms with van der Waals surface area (Å²) in [5.74, 6) is -0.497. The molecule has 0 aliphatic carbocycles. The molecule has 9 nitrogen and oxygen atoms in total. The highest BCUT2D eigenvalue weighted by Gasteiger charge is 2.34. The molecule has 2 aromatic heterocycles. The fourth-order valence-electron chi connectivity index (χ4n) is 3.50. The predicted octanol–water partition coefficient (Wildman–Crippen LogP) is 0.760. The number of carbonyl (C=O) groups excluding carboxylic acids is 2. The molecule has 1 saturated heterocycles. The molecule has 1 N–H and O–H groups in total. The van der Waals surface area contributed by atoms with Gasteiger partial charge in [-0.1, -0.05) is 18.2 Å². The topological polar surface area (TPSA) is 102 Å². The average molecular weight is 380 g/mol. The Balaban J connectivity index is 1.50. The first kappa shape index (κ1) is 17.9. The summed E-state index contributed by atoms with van der Waals surface area (Å²) in [5, 5.41) is 7.23. The molecule has 0 spiro atoms. The lowest BCUT2D eigenvalue weighted by Crippen LogP contribution is -2.45. The monoisotopic (exact) mass is 380 g/mol. The number of anilines is 1. The zero-order valence-corrected chi connectivity index (χ0v) is 15.4. The van der Waals surface area contributed by atoms with Crippen molar-refractivity contribution in [2.75, 3.05) is 11.9 Å². The maximum absolute atomic E-state index is 12.8. The van der Waals surface area contributed by atoms with Crippen molar-refractivity contribution in [3.8, 4) is 0 Å². The van der Waals surface area contributed by atoms with Crippen molar-refractivity contribution in [1.82, 2.24) is 24.2 Å². The molecule has 9 heteroatoms. The molecular formula is C19H20N6O3. The van der Waals surface area contributed by atoms with Crippen LogP contribution in [0.3, 0.4) is 0 Å². The number of aryl methyl sites for hydroxylation is 1. The molecule has 1 aromatic carbocycles. The lowest BCUT2D eigenvalue weighted by atomic mass is 10.2. The van der Waals surface area contributed by atoms with Crippen LogP contribution >= 0.6 is 0 Å². The number of hydrogen-bond acceptors (Lipinski definition) is 5. The molecule has 144 valence electrons. The second kappa shape index (κ2) is 7.26. The van der Waals surface area contributed by atoms with Gasteiger partial charge in [-0.15, -0.1) is 0 Å². The maximum atomic E-state index is 12.8. The van der Waals surface area contributed by atoms with E-state index in [2.05, 4.69) is 15.4 Å². The Hall–Kier alpha value is -3.49. The number of benzene rings is 1. The summed E-state index contributed by atoms with van der Waals surface area (Å²) in [6.45, 7) is 0.328. The fourth-order valence-corrected chi connectivity index (χ4v) is 3.50. The van der Waals surface area contributed by atoms with Crippen LogP contribution in [-0.4, -0.2) is 48.6 Å². The zero-order valence-electron chi connectivity index (χ0n) is 15.4. The third kappa shape index (κ3) is 3.26. The number of aromatic nitrogens is 4. The molecule has 2 amide bonds. The second-order valence-electron chi connectivity index (χ2n) is 6.78. The SMILES string of the molecule is Cn1ncc2c(=O)n(CC(=O)N3CCC[C@H]3C(=O)Nc3ccccc3)cnc21. The quantitative estimate of drug-likeness (QED) is 0.720. The number of nitrogens with one attached hydrogen (secondary N) is 1. The van der Waals surface area contributed by atoms with Gasteiger partial charge in [-0.3, -0.25) is 23.6 Å². The minimum absolute atomic E-state index is 0.161. The van der Waals surface area contributed by atoms with E-state index < -0.39 is 6.04 Å². The van der Waals surface area contributed by atoms with Crippen LogP contribution in [0, 0.1) is 0 Å². The Morgan fingerprint density at radius 3 is 2.82 bits per heavy atom. The van der Waals surface area contributed by atoms with Gasteiger partial charge in [0.15, 0.2) is 5.65 Å². The van der Waals surface area contributed by atoms with Gasteiger partial charge < -0.3 is 10.2 Å². The summed E-state index contributed by atoms with van der Waals surface area (Å²) in [5.41, 5.74) is 0.833. The van der Waals surface area contributed by atoms with Crippen LogP contribution in [0.25, 0.3) is 11.0 Å². The van der Waals surface area contributed by atoms with Crippen molar-refractivity contribution in [1.29, 1.82) is 0 Å². The van der Waals surface area contributed by atoms with E-state index >= 15 is 0 Å². The van der Waals surface area contributed by atoms with Gasteiger partial charge in [0.05, 0.1) is 6.20 Å². The molecule has 3 aromatic rings. The van der Waals surface area contributed by atoms with Crippen LogP contribution in [0.1, 0.15) is 12.8 Å². The Labute approximate surface area is 160 Å². The van der Waals surface area contributed by atoms with E-state index in [0.29, 0.717) is 29.7 Å². The first-order valence-corrected chi connectivity index (χ1v) is 9.07. The van der Waals surface area contributed by atoms with Gasteiger partial charge in [-0.05, 0) is 25.0 Å². The van der Waals surface area contributed by atoms with Crippen molar-refractivity contribution < 1.29 is 9.59 Å². The van der Waals surface area contributed by atoms with Crippen LogP contribution in [0.5, 0.6) is 0 Å². The molecule has 0 radical (unpaired) electrons. The van der Waals surface area contributed by atoms with E-state index in [-0.39, 0.29) is 23.9 Å². The summed E-state index contributed by atoms with van der Waals surface area (Å²) < 4.78 is 2.77. The highest BCUT2D eigenvalue weighted by atomic mass is 16.2. The minimum Gasteiger partial charge on any atom is -0.329 e. The summed E-state index contributed by atoms with van der Waals surface area (Å²) in [4.78, 5) is 43.8. The fraction of sp³-hybridized carbons (Fsp3) is 0.316. The van der Waals surface area contributed by atoms with E-state index in [1.54, 1.807) is 19.2 Å². The van der Waals surface area contributed by atoms with Crippen LogP contribution in [0.4, 0.5) is 5.69 Å². The third-order valence-electron chi connectivity index (χ3n) is 4.94. The molecule has 0 unspecified atom stereocenters. The van der Waals surface area contributed by atoms with E-state index in [9.17, 15) is 14.4 Å². The number of hydrogen-bond donors (Lipinski definition) is 1. The van der Waals surface area contributed by atoms with Gasteiger partial charge in [-0.2, -0.15) is 5.10 Å². The molecule has 28 heavy (non-hydrogen) atoms. The van der Waals surface area contributed by atoms with Crippen molar-refractivity contribution in [2.24, 2.45) is 7.05 Å². The number of amides is 2. The number of likely N-dealkylation sites (tertiary alicyclic amines) is 1. The van der Waals surface area contributed by atoms with E-state index in [4.69, 9.17) is 0 Å². The normalized spacial score (nSPS) is 16.5. The lowest BCUT2D eigenvalue weighted by molar-refractivity contribution is -0.137. The number of fused-ring (bicyclic) bond motifs is 1. The first-order valence-electron chi connectivity index (χ1n) is 9.07. The Morgan fingerprint density at radius 1 is 1.25 bits per heavy atom. The smallest absolute Gasteiger partial charge is 0.264 e. The molecular weight excluding hydrogens is 360 g/mol. The van der Waals surface area contributed by atoms with E-state index in [1.165, 1.54) is 26.7 Å². The molecule has 3 heterocycles. The predicted molar refractivity (Wildman–Crippen MR) is 103 cm³/mol. The standard InChI is InChI=1S/C19H20N6O3/c1-23-17-14(10-21-23)19(28)24(12-20-17)11-16(26)25-9-5-8-15(25)18(27)22-13-6-3-2-4-7-13/h2-4,6-7,10,12,15H,5,8-9,11H2,1H3,(H,22,27)/t15-/m0/s1. The third-order valence-corrected chi connectivity index (χ3v) is 4.94. The summed E-state index contributed by atoms with van der Waals surface area (Å²) in [7, 11) is 1.70. The van der Waals surface area contributed by atoms with Gasteiger partial charge in [-0.25, -0.2) is 4.98 Å². The Kier molecular flexibility index (Phi) is 4.64. The molecule has 0 bridgehead atoms.